The Morgan fingerprint density at radius 2 is 0.750 bits per heavy atom. The van der Waals surface area contributed by atoms with E-state index in [4.69, 9.17) is 46.4 Å². The van der Waals surface area contributed by atoms with Crippen LogP contribution in [0, 0.1) is 22.7 Å². The van der Waals surface area contributed by atoms with Crippen molar-refractivity contribution in [3.8, 4) is 11.5 Å². The van der Waals surface area contributed by atoms with Crippen LogP contribution in [0.2, 0.25) is 20.1 Å². The first-order valence-electron chi connectivity index (χ1n) is 20.2. The number of hydrogen-bond donors (Lipinski definition) is 0. The van der Waals surface area contributed by atoms with Crippen LogP contribution >= 0.6 is 46.4 Å². The summed E-state index contributed by atoms with van der Waals surface area (Å²) in [6.07, 6.45) is -3.51. The van der Waals surface area contributed by atoms with Gasteiger partial charge < -0.3 is 9.47 Å². The Morgan fingerprint density at radius 1 is 0.471 bits per heavy atom. The first-order valence-corrected chi connectivity index (χ1v) is 21.7. The van der Waals surface area contributed by atoms with E-state index in [0.29, 0.717) is 22.3 Å². The average molecular weight is 1010 g/mol. The zero-order chi connectivity index (χ0) is 48.9. The fourth-order valence-electron chi connectivity index (χ4n) is 10.7. The fraction of sp³-hybridized carbons (Fsp3) is 0.208. The van der Waals surface area contributed by atoms with Gasteiger partial charge in [0.25, 0.3) is 0 Å². The summed E-state index contributed by atoms with van der Waals surface area (Å²) in [6.45, 7) is 3.37. The van der Waals surface area contributed by atoms with Gasteiger partial charge in [-0.15, -0.1) is 26.3 Å². The Labute approximate surface area is 402 Å². The predicted molar refractivity (Wildman–Crippen MR) is 237 cm³/mol. The Balaban J connectivity index is 0.000000170. The van der Waals surface area contributed by atoms with Crippen molar-refractivity contribution in [1.29, 1.82) is 0 Å². The van der Waals surface area contributed by atoms with Crippen LogP contribution in [-0.2, 0) is 30.0 Å². The van der Waals surface area contributed by atoms with Gasteiger partial charge in [-0.1, -0.05) is 70.7 Å². The maximum Gasteiger partial charge on any atom is 0.573 e. The summed E-state index contributed by atoms with van der Waals surface area (Å²) in [5.74, 6) is -4.17. The highest BCUT2D eigenvalue weighted by atomic mass is 35.5. The minimum atomic E-state index is -4.84. The molecule has 0 bridgehead atoms. The SMILES string of the molecule is C[C@]12C(=O)N(c3cc(Cl)cc(Cl)c3)C(=O)[C@H]1[C@@]2(c1ccncc1)c1ccc(OC(F)(F)F)cc1.C[C@]12C(=O)N(c3cc(Cl)cc(Cl)c3)C(=O)[C@H]1[C@]2(c1ccncc1)c1ccc(OC(F)(F)F)cc1. The Bertz CT molecular complexity index is 2800. The molecule has 2 aliphatic heterocycles. The second kappa shape index (κ2) is 16.2. The number of hydrogen-bond acceptors (Lipinski definition) is 8. The van der Waals surface area contributed by atoms with Crippen molar-refractivity contribution >= 4 is 81.4 Å². The molecule has 4 fully saturated rings. The van der Waals surface area contributed by atoms with E-state index in [2.05, 4.69) is 19.4 Å². The molecule has 0 radical (unpaired) electrons. The quantitative estimate of drug-likeness (QED) is 0.109. The molecule has 0 unspecified atom stereocenters. The summed E-state index contributed by atoms with van der Waals surface area (Å²) in [7, 11) is 0. The lowest BCUT2D eigenvalue weighted by Gasteiger charge is -2.29. The smallest absolute Gasteiger partial charge is 0.406 e. The highest BCUT2D eigenvalue weighted by Crippen LogP contribution is 2.78. The number of nitrogens with zero attached hydrogens (tertiary/aromatic N) is 4. The number of halogens is 10. The Hall–Kier alpha value is -6.20. The number of carbonyl (C=O) groups is 4. The number of pyridine rings is 2. The van der Waals surface area contributed by atoms with Gasteiger partial charge in [-0.05, 0) is 121 Å². The first kappa shape index (κ1) is 46.9. The number of imide groups is 2. The molecule has 68 heavy (non-hydrogen) atoms. The van der Waals surface area contributed by atoms with Crippen LogP contribution in [0.1, 0.15) is 36.1 Å². The molecule has 2 saturated heterocycles. The number of anilines is 2. The number of rotatable bonds is 8. The van der Waals surface area contributed by atoms with Crippen molar-refractivity contribution in [1.82, 2.24) is 9.97 Å². The van der Waals surface area contributed by atoms with Crippen molar-refractivity contribution in [2.45, 2.75) is 37.4 Å². The van der Waals surface area contributed by atoms with E-state index < -0.39 is 81.3 Å². The Kier molecular flexibility index (Phi) is 11.2. The molecular weight excluding hydrogens is 984 g/mol. The molecule has 6 atom stereocenters. The molecule has 348 valence electrons. The third kappa shape index (κ3) is 7.17. The molecule has 2 aliphatic carbocycles. The minimum Gasteiger partial charge on any atom is -0.406 e. The summed E-state index contributed by atoms with van der Waals surface area (Å²) in [4.78, 5) is 64.9. The lowest BCUT2D eigenvalue weighted by atomic mass is 9.79. The van der Waals surface area contributed by atoms with E-state index in [0.717, 1.165) is 9.80 Å². The van der Waals surface area contributed by atoms with E-state index in [-0.39, 0.29) is 31.5 Å². The van der Waals surface area contributed by atoms with Crippen LogP contribution in [0.4, 0.5) is 37.7 Å². The molecule has 4 aromatic carbocycles. The molecule has 0 spiro atoms. The highest BCUT2D eigenvalue weighted by Gasteiger charge is 2.88. The van der Waals surface area contributed by atoms with Gasteiger partial charge in [0.2, 0.25) is 23.6 Å². The van der Waals surface area contributed by atoms with Gasteiger partial charge >= 0.3 is 12.7 Å². The zero-order valence-corrected chi connectivity index (χ0v) is 37.9. The molecule has 0 N–H and O–H groups in total. The molecule has 2 aromatic heterocycles. The second-order valence-corrected chi connectivity index (χ2v) is 18.5. The van der Waals surface area contributed by atoms with Crippen molar-refractivity contribution in [2.75, 3.05) is 9.80 Å². The standard InChI is InChI=1S/2C24H15Cl2F3N2O3/c2*1-22-19(20(32)31(21(22)33)17-11-15(25)10-16(26)12-17)23(22,14-6-8-30-9-7-14)13-2-4-18(5-3-13)34-24(27,28)29/h2*2-12,19H,1H3/t19-,22-,23+;19-,22-,23-/m11/s1. The number of amides is 4. The van der Waals surface area contributed by atoms with Gasteiger partial charge in [-0.25, -0.2) is 9.80 Å². The second-order valence-electron chi connectivity index (χ2n) is 16.7. The fourth-order valence-corrected chi connectivity index (χ4v) is 11.7. The average Bonchev–Trinajstić information content (AvgIpc) is 4.00. The van der Waals surface area contributed by atoms with Crippen molar-refractivity contribution in [2.24, 2.45) is 22.7 Å². The summed E-state index contributed by atoms with van der Waals surface area (Å²) < 4.78 is 83.7. The van der Waals surface area contributed by atoms with Gasteiger partial charge in [0.1, 0.15) is 11.5 Å². The first-order chi connectivity index (χ1) is 32.0. The largest absolute Gasteiger partial charge is 0.573 e. The molecule has 20 heteroatoms. The summed E-state index contributed by atoms with van der Waals surface area (Å²) in [5, 5.41) is 1.09. The molecule has 10 rings (SSSR count). The lowest BCUT2D eigenvalue weighted by molar-refractivity contribution is -0.275. The third-order valence-corrected chi connectivity index (χ3v) is 14.2. The Morgan fingerprint density at radius 3 is 1.00 bits per heavy atom. The van der Waals surface area contributed by atoms with Crippen LogP contribution in [0.25, 0.3) is 0 Å². The maximum atomic E-state index is 13.7. The van der Waals surface area contributed by atoms with Crippen molar-refractivity contribution in [3.05, 3.63) is 176 Å². The van der Waals surface area contributed by atoms with Gasteiger partial charge in [-0.3, -0.25) is 29.1 Å². The monoisotopic (exact) mass is 1010 g/mol. The molecule has 2 saturated carbocycles. The normalized spacial score (nSPS) is 25.9. The van der Waals surface area contributed by atoms with Gasteiger partial charge in [0.05, 0.1) is 34.0 Å². The van der Waals surface area contributed by atoms with E-state index >= 15 is 0 Å². The van der Waals surface area contributed by atoms with Gasteiger partial charge in [0, 0.05) is 55.7 Å². The van der Waals surface area contributed by atoms with Crippen molar-refractivity contribution < 1.29 is 55.0 Å². The number of alkyl halides is 6. The molecular formula is C48H30Cl4F6N4O6. The van der Waals surface area contributed by atoms with E-state index in [1.54, 1.807) is 62.9 Å². The van der Waals surface area contributed by atoms with E-state index in [1.165, 1.54) is 84.9 Å². The molecule has 4 amide bonds. The number of fused-ring (bicyclic) bond motifs is 2. The van der Waals surface area contributed by atoms with Gasteiger partial charge in [0.15, 0.2) is 0 Å². The van der Waals surface area contributed by atoms with E-state index in [9.17, 15) is 45.5 Å². The van der Waals surface area contributed by atoms with Crippen molar-refractivity contribution in [3.63, 3.8) is 0 Å². The molecule has 4 aliphatic rings. The van der Waals surface area contributed by atoms with Crippen LogP contribution in [0.5, 0.6) is 11.5 Å². The number of aromatic nitrogens is 2. The zero-order valence-electron chi connectivity index (χ0n) is 34.9. The summed E-state index contributed by atoms with van der Waals surface area (Å²) >= 11 is 24.3. The minimum absolute atomic E-state index is 0.262. The van der Waals surface area contributed by atoms with Crippen LogP contribution in [-0.4, -0.2) is 46.3 Å². The predicted octanol–water partition coefficient (Wildman–Crippen LogP) is 11.6. The van der Waals surface area contributed by atoms with Crippen LogP contribution in [0.15, 0.2) is 134 Å². The summed E-state index contributed by atoms with van der Waals surface area (Å²) in [5.41, 5.74) is -1.66. The van der Waals surface area contributed by atoms with E-state index in [1.807, 2.05) is 0 Å². The number of carbonyl (C=O) groups excluding carboxylic acids is 4. The molecule has 6 aromatic rings. The topological polar surface area (TPSA) is 119 Å². The lowest BCUT2D eigenvalue weighted by Crippen LogP contribution is -2.42. The molecule has 10 nitrogen and oxygen atoms in total. The molecule has 4 heterocycles. The van der Waals surface area contributed by atoms with Crippen LogP contribution < -0.4 is 19.3 Å². The number of piperidine rings is 2. The number of benzene rings is 4. The number of ether oxygens (including phenoxy) is 2. The third-order valence-electron chi connectivity index (χ3n) is 13.3. The van der Waals surface area contributed by atoms with Gasteiger partial charge in [-0.2, -0.15) is 0 Å². The van der Waals surface area contributed by atoms with Crippen LogP contribution in [0.3, 0.4) is 0 Å². The maximum absolute atomic E-state index is 13.7. The summed E-state index contributed by atoms with van der Waals surface area (Å²) in [6, 6.07) is 26.2. The highest BCUT2D eigenvalue weighted by molar-refractivity contribution is 6.37.